The Kier molecular flexibility index (Phi) is 9.07. The smallest absolute Gasteiger partial charge is 0.227 e. The Labute approximate surface area is 243 Å². The lowest BCUT2D eigenvalue weighted by molar-refractivity contribution is -0.119. The second-order valence-electron chi connectivity index (χ2n) is 10.8. The molecular formula is C35H40N2O4. The van der Waals surface area contributed by atoms with Crippen molar-refractivity contribution in [2.24, 2.45) is 0 Å². The molecular weight excluding hydrogens is 512 g/mol. The van der Waals surface area contributed by atoms with Crippen molar-refractivity contribution in [3.8, 4) is 11.5 Å². The fourth-order valence-corrected chi connectivity index (χ4v) is 5.99. The highest BCUT2D eigenvalue weighted by Crippen LogP contribution is 2.48. The van der Waals surface area contributed by atoms with E-state index in [1.54, 1.807) is 7.11 Å². The summed E-state index contributed by atoms with van der Waals surface area (Å²) in [7, 11) is 1.64. The summed E-state index contributed by atoms with van der Waals surface area (Å²) < 4.78 is 11.5. The summed E-state index contributed by atoms with van der Waals surface area (Å²) in [5, 5.41) is 3.63. The molecule has 5 rings (SSSR count). The maximum atomic E-state index is 14.3. The fourth-order valence-electron chi connectivity index (χ4n) is 5.99. The van der Waals surface area contributed by atoms with Crippen LogP contribution in [0.15, 0.2) is 84.1 Å². The minimum Gasteiger partial charge on any atom is -0.497 e. The first-order valence-corrected chi connectivity index (χ1v) is 14.9. The molecule has 2 aliphatic rings. The van der Waals surface area contributed by atoms with Gasteiger partial charge in [-0.25, -0.2) is 0 Å². The SMILES string of the molecule is CCCCCC(=O)N1c2ccccc2NC2=C(C(=O)C[C@H](c3ccccc3OCCC)C2)[C@H]1c1ccc(OC)cc1. The number of Topliss-reactive ketones (excluding diaryl/α,β-unsaturated/α-hetero) is 1. The lowest BCUT2D eigenvalue weighted by Gasteiger charge is -2.35. The van der Waals surface area contributed by atoms with E-state index in [0.717, 1.165) is 65.4 Å². The number of carbonyl (C=O) groups excluding carboxylic acids is 2. The van der Waals surface area contributed by atoms with Gasteiger partial charge in [-0.1, -0.05) is 69.2 Å². The molecule has 0 radical (unpaired) electrons. The molecule has 1 N–H and O–H groups in total. The number of anilines is 2. The van der Waals surface area contributed by atoms with Crippen molar-refractivity contribution in [2.75, 3.05) is 23.9 Å². The van der Waals surface area contributed by atoms with Gasteiger partial charge < -0.3 is 14.8 Å². The number of amides is 1. The van der Waals surface area contributed by atoms with Gasteiger partial charge in [0.25, 0.3) is 0 Å². The van der Waals surface area contributed by atoms with E-state index in [1.807, 2.05) is 71.6 Å². The molecule has 41 heavy (non-hydrogen) atoms. The Hall–Kier alpha value is -4.06. The number of rotatable bonds is 10. The number of carbonyl (C=O) groups is 2. The van der Waals surface area contributed by atoms with E-state index in [2.05, 4.69) is 25.2 Å². The van der Waals surface area contributed by atoms with Crippen LogP contribution in [0.5, 0.6) is 11.5 Å². The predicted octanol–water partition coefficient (Wildman–Crippen LogP) is 7.96. The molecule has 3 aromatic carbocycles. The van der Waals surface area contributed by atoms with Crippen LogP contribution in [0, 0.1) is 0 Å². The summed E-state index contributed by atoms with van der Waals surface area (Å²) in [5.74, 6) is 1.61. The zero-order valence-corrected chi connectivity index (χ0v) is 24.3. The first-order chi connectivity index (χ1) is 20.0. The van der Waals surface area contributed by atoms with Crippen LogP contribution in [0.3, 0.4) is 0 Å². The van der Waals surface area contributed by atoms with Gasteiger partial charge in [-0.2, -0.15) is 0 Å². The second-order valence-corrected chi connectivity index (χ2v) is 10.8. The number of nitrogens with zero attached hydrogens (tertiary/aromatic N) is 1. The number of hydrogen-bond donors (Lipinski definition) is 1. The Morgan fingerprint density at radius 3 is 2.44 bits per heavy atom. The van der Waals surface area contributed by atoms with E-state index < -0.39 is 6.04 Å². The lowest BCUT2D eigenvalue weighted by atomic mass is 9.78. The lowest BCUT2D eigenvalue weighted by Crippen LogP contribution is -2.38. The Morgan fingerprint density at radius 1 is 0.927 bits per heavy atom. The van der Waals surface area contributed by atoms with Crippen LogP contribution in [0.2, 0.25) is 0 Å². The molecule has 1 aliphatic carbocycles. The first-order valence-electron chi connectivity index (χ1n) is 14.9. The molecule has 0 spiro atoms. The zero-order valence-electron chi connectivity index (χ0n) is 24.3. The number of fused-ring (bicyclic) bond motifs is 1. The number of ketones is 1. The minimum absolute atomic E-state index is 0.0236. The maximum absolute atomic E-state index is 14.3. The van der Waals surface area contributed by atoms with Crippen molar-refractivity contribution in [1.29, 1.82) is 0 Å². The van der Waals surface area contributed by atoms with Crippen molar-refractivity contribution in [1.82, 2.24) is 0 Å². The molecule has 1 amide bonds. The fraction of sp³-hybridized carbons (Fsp3) is 0.371. The summed E-state index contributed by atoms with van der Waals surface area (Å²) >= 11 is 0. The summed E-state index contributed by atoms with van der Waals surface area (Å²) in [6, 6.07) is 23.2. The highest BCUT2D eigenvalue weighted by Gasteiger charge is 2.41. The van der Waals surface area contributed by atoms with Crippen molar-refractivity contribution in [3.63, 3.8) is 0 Å². The van der Waals surface area contributed by atoms with Crippen LogP contribution in [0.1, 0.15) is 81.9 Å². The standard InChI is InChI=1S/C35H40N2O4/c1-4-6-7-16-33(39)37-30-14-10-9-13-28(30)36-29-22-25(27-12-8-11-15-32(27)41-21-5-2)23-31(38)34(29)35(37)24-17-19-26(40-3)20-18-24/h8-15,17-20,25,35-36H,4-7,16,21-23H2,1-3H3/t25-,35-/m1/s1. The van der Waals surface area contributed by atoms with Gasteiger partial charge in [-0.3, -0.25) is 14.5 Å². The van der Waals surface area contributed by atoms with Crippen LogP contribution in [-0.2, 0) is 9.59 Å². The van der Waals surface area contributed by atoms with E-state index in [9.17, 15) is 9.59 Å². The van der Waals surface area contributed by atoms with Crippen LogP contribution in [0.4, 0.5) is 11.4 Å². The molecule has 2 atom stereocenters. The quantitative estimate of drug-likeness (QED) is 0.258. The van der Waals surface area contributed by atoms with Crippen LogP contribution in [-0.4, -0.2) is 25.4 Å². The zero-order chi connectivity index (χ0) is 28.8. The molecule has 0 bridgehead atoms. The number of methoxy groups -OCH3 is 1. The largest absolute Gasteiger partial charge is 0.497 e. The van der Waals surface area contributed by atoms with Gasteiger partial charge in [0.15, 0.2) is 5.78 Å². The van der Waals surface area contributed by atoms with E-state index in [0.29, 0.717) is 31.4 Å². The van der Waals surface area contributed by atoms with E-state index in [-0.39, 0.29) is 17.6 Å². The minimum atomic E-state index is -0.541. The van der Waals surface area contributed by atoms with E-state index in [1.165, 1.54) is 0 Å². The first kappa shape index (κ1) is 28.5. The molecule has 1 heterocycles. The second kappa shape index (κ2) is 13.1. The normalized spacial score (nSPS) is 18.2. The molecule has 0 fully saturated rings. The summed E-state index contributed by atoms with van der Waals surface area (Å²) in [4.78, 5) is 30.2. The number of para-hydroxylation sites is 3. The van der Waals surface area contributed by atoms with E-state index in [4.69, 9.17) is 9.47 Å². The monoisotopic (exact) mass is 552 g/mol. The third-order valence-electron chi connectivity index (χ3n) is 8.00. The van der Waals surface area contributed by atoms with Crippen LogP contribution < -0.4 is 19.7 Å². The van der Waals surface area contributed by atoms with Gasteiger partial charge in [0.1, 0.15) is 11.5 Å². The molecule has 0 unspecified atom stereocenters. The van der Waals surface area contributed by atoms with Crippen LogP contribution in [0.25, 0.3) is 0 Å². The molecule has 0 aromatic heterocycles. The number of benzene rings is 3. The predicted molar refractivity (Wildman–Crippen MR) is 164 cm³/mol. The Bertz CT molecular complexity index is 1410. The van der Waals surface area contributed by atoms with Crippen molar-refractivity contribution in [3.05, 3.63) is 95.2 Å². The van der Waals surface area contributed by atoms with Crippen LogP contribution >= 0.6 is 0 Å². The number of allylic oxidation sites excluding steroid dienone is 1. The number of nitrogens with one attached hydrogen (secondary N) is 1. The molecule has 0 saturated carbocycles. The van der Waals surface area contributed by atoms with Gasteiger partial charge in [0.2, 0.25) is 5.91 Å². The highest BCUT2D eigenvalue weighted by molar-refractivity contribution is 6.06. The maximum Gasteiger partial charge on any atom is 0.227 e. The van der Waals surface area contributed by atoms with Crippen molar-refractivity contribution >= 4 is 23.1 Å². The van der Waals surface area contributed by atoms with Gasteiger partial charge in [-0.15, -0.1) is 0 Å². The Morgan fingerprint density at radius 2 is 1.68 bits per heavy atom. The molecule has 1 aliphatic heterocycles. The molecule has 6 heteroatoms. The third kappa shape index (κ3) is 6.02. The van der Waals surface area contributed by atoms with Gasteiger partial charge >= 0.3 is 0 Å². The van der Waals surface area contributed by atoms with Gasteiger partial charge in [0.05, 0.1) is 31.1 Å². The molecule has 214 valence electrons. The average molecular weight is 553 g/mol. The highest BCUT2D eigenvalue weighted by atomic mass is 16.5. The topological polar surface area (TPSA) is 67.9 Å². The van der Waals surface area contributed by atoms with Gasteiger partial charge in [-0.05, 0) is 60.7 Å². The molecule has 0 saturated heterocycles. The average Bonchev–Trinajstić information content (AvgIpc) is 3.15. The van der Waals surface area contributed by atoms with Crippen molar-refractivity contribution in [2.45, 2.75) is 70.8 Å². The molecule has 6 nitrogen and oxygen atoms in total. The van der Waals surface area contributed by atoms with Crippen molar-refractivity contribution < 1.29 is 19.1 Å². The number of unbranched alkanes of at least 4 members (excludes halogenated alkanes) is 2. The third-order valence-corrected chi connectivity index (χ3v) is 8.00. The van der Waals surface area contributed by atoms with Gasteiger partial charge in [0, 0.05) is 30.0 Å². The molecule has 3 aromatic rings. The Balaban J connectivity index is 1.63. The summed E-state index contributed by atoms with van der Waals surface area (Å²) in [6.45, 7) is 4.85. The summed E-state index contributed by atoms with van der Waals surface area (Å²) in [6.07, 6.45) is 5.17. The number of hydrogen-bond acceptors (Lipinski definition) is 5. The summed E-state index contributed by atoms with van der Waals surface area (Å²) in [5.41, 5.74) is 5.10. The van der Waals surface area contributed by atoms with E-state index >= 15 is 0 Å². The number of ether oxygens (including phenoxy) is 2.